The second kappa shape index (κ2) is 5.81. The molecule has 0 aliphatic heterocycles. The number of thiazole rings is 1. The molecule has 6 heteroatoms. The SMILES string of the molecule is C[C@H](OC(N)=O)c1ccc(-c2scnc2CO)cc1. The van der Waals surface area contributed by atoms with Gasteiger partial charge in [0.1, 0.15) is 6.10 Å². The molecule has 0 saturated heterocycles. The fourth-order valence-electron chi connectivity index (χ4n) is 1.76. The Kier molecular flexibility index (Phi) is 4.13. The Labute approximate surface area is 114 Å². The Hall–Kier alpha value is -1.92. The summed E-state index contributed by atoms with van der Waals surface area (Å²) >= 11 is 1.48. The Bertz CT molecular complexity index is 566. The average molecular weight is 278 g/mol. The molecule has 2 rings (SSSR count). The molecule has 0 spiro atoms. The molecule has 0 bridgehead atoms. The Balaban J connectivity index is 2.21. The number of rotatable bonds is 4. The van der Waals surface area contributed by atoms with Crippen molar-refractivity contribution in [1.82, 2.24) is 4.98 Å². The van der Waals surface area contributed by atoms with E-state index in [0.29, 0.717) is 5.69 Å². The Morgan fingerprint density at radius 2 is 2.16 bits per heavy atom. The summed E-state index contributed by atoms with van der Waals surface area (Å²) in [4.78, 5) is 15.7. The second-order valence-corrected chi connectivity index (χ2v) is 4.84. The number of benzene rings is 1. The molecule has 1 heterocycles. The molecular weight excluding hydrogens is 264 g/mol. The van der Waals surface area contributed by atoms with Gasteiger partial charge in [0.25, 0.3) is 0 Å². The molecule has 19 heavy (non-hydrogen) atoms. The van der Waals surface area contributed by atoms with E-state index in [1.54, 1.807) is 12.4 Å². The van der Waals surface area contributed by atoms with Gasteiger partial charge in [-0.3, -0.25) is 0 Å². The molecule has 0 aliphatic rings. The van der Waals surface area contributed by atoms with E-state index in [9.17, 15) is 9.90 Å². The van der Waals surface area contributed by atoms with Crippen molar-refractivity contribution < 1.29 is 14.6 Å². The zero-order chi connectivity index (χ0) is 13.8. The minimum absolute atomic E-state index is 0.0816. The van der Waals surface area contributed by atoms with E-state index >= 15 is 0 Å². The molecule has 100 valence electrons. The van der Waals surface area contributed by atoms with Crippen LogP contribution in [-0.4, -0.2) is 16.2 Å². The van der Waals surface area contributed by atoms with Crippen molar-refractivity contribution in [2.75, 3.05) is 0 Å². The highest BCUT2D eigenvalue weighted by Gasteiger charge is 2.11. The predicted molar refractivity (Wildman–Crippen MR) is 72.6 cm³/mol. The Morgan fingerprint density at radius 1 is 1.47 bits per heavy atom. The first-order chi connectivity index (χ1) is 9.11. The standard InChI is InChI=1S/C13H14N2O3S/c1-8(18-13(14)17)9-2-4-10(5-3-9)12-11(6-16)15-7-19-12/h2-5,7-8,16H,6H2,1H3,(H2,14,17)/t8-/m0/s1. The summed E-state index contributed by atoms with van der Waals surface area (Å²) in [7, 11) is 0. The summed E-state index contributed by atoms with van der Waals surface area (Å²) < 4.78 is 4.90. The van der Waals surface area contributed by atoms with E-state index in [1.807, 2.05) is 24.3 Å². The number of hydrogen-bond donors (Lipinski definition) is 2. The molecule has 0 saturated carbocycles. The molecule has 1 aromatic heterocycles. The van der Waals surface area contributed by atoms with Crippen molar-refractivity contribution in [1.29, 1.82) is 0 Å². The van der Waals surface area contributed by atoms with Gasteiger partial charge in [-0.05, 0) is 18.1 Å². The molecule has 0 aliphatic carbocycles. The molecular formula is C13H14N2O3S. The first-order valence-electron chi connectivity index (χ1n) is 5.71. The van der Waals surface area contributed by atoms with Crippen LogP contribution >= 0.6 is 11.3 Å². The molecule has 2 aromatic rings. The van der Waals surface area contributed by atoms with Gasteiger partial charge in [-0.25, -0.2) is 9.78 Å². The lowest BCUT2D eigenvalue weighted by molar-refractivity contribution is 0.116. The van der Waals surface area contributed by atoms with Crippen molar-refractivity contribution in [3.05, 3.63) is 41.0 Å². The van der Waals surface area contributed by atoms with Crippen molar-refractivity contribution in [2.45, 2.75) is 19.6 Å². The van der Waals surface area contributed by atoms with Gasteiger partial charge in [-0.2, -0.15) is 0 Å². The monoisotopic (exact) mass is 278 g/mol. The van der Waals surface area contributed by atoms with Gasteiger partial charge in [0.2, 0.25) is 0 Å². The number of nitrogens with two attached hydrogens (primary N) is 1. The van der Waals surface area contributed by atoms with Crippen molar-refractivity contribution in [3.8, 4) is 10.4 Å². The first kappa shape index (κ1) is 13.5. The van der Waals surface area contributed by atoms with Gasteiger partial charge < -0.3 is 15.6 Å². The van der Waals surface area contributed by atoms with E-state index in [-0.39, 0.29) is 12.7 Å². The van der Waals surface area contributed by atoms with E-state index in [4.69, 9.17) is 10.5 Å². The summed E-state index contributed by atoms with van der Waals surface area (Å²) in [5.41, 5.74) is 9.18. The molecule has 0 radical (unpaired) electrons. The van der Waals surface area contributed by atoms with E-state index in [0.717, 1.165) is 16.0 Å². The van der Waals surface area contributed by atoms with Crippen LogP contribution in [0, 0.1) is 0 Å². The van der Waals surface area contributed by atoms with Crippen LogP contribution in [0.5, 0.6) is 0 Å². The summed E-state index contributed by atoms with van der Waals surface area (Å²) in [5.74, 6) is 0. The van der Waals surface area contributed by atoms with Gasteiger partial charge in [-0.1, -0.05) is 24.3 Å². The normalized spacial score (nSPS) is 12.1. The predicted octanol–water partition coefficient (Wildman–Crippen LogP) is 2.46. The molecule has 0 fully saturated rings. The number of primary amides is 1. The summed E-state index contributed by atoms with van der Waals surface area (Å²) in [5, 5.41) is 9.18. The van der Waals surface area contributed by atoms with Crippen LogP contribution < -0.4 is 5.73 Å². The zero-order valence-electron chi connectivity index (χ0n) is 10.4. The number of nitrogens with zero attached hydrogens (tertiary/aromatic N) is 1. The molecule has 5 nitrogen and oxygen atoms in total. The number of aliphatic hydroxyl groups excluding tert-OH is 1. The third-order valence-corrected chi connectivity index (χ3v) is 3.64. The topological polar surface area (TPSA) is 85.4 Å². The summed E-state index contributed by atoms with van der Waals surface area (Å²) in [6, 6.07) is 7.54. The number of carbonyl (C=O) groups is 1. The number of ether oxygens (including phenoxy) is 1. The van der Waals surface area contributed by atoms with Crippen LogP contribution in [-0.2, 0) is 11.3 Å². The fraction of sp³-hybridized carbons (Fsp3) is 0.231. The van der Waals surface area contributed by atoms with Crippen LogP contribution in [0.15, 0.2) is 29.8 Å². The quantitative estimate of drug-likeness (QED) is 0.899. The lowest BCUT2D eigenvalue weighted by Gasteiger charge is -2.12. The van der Waals surface area contributed by atoms with Crippen LogP contribution in [0.1, 0.15) is 24.3 Å². The molecule has 1 atom stereocenters. The number of aromatic nitrogens is 1. The maximum atomic E-state index is 10.7. The van der Waals surface area contributed by atoms with Crippen LogP contribution in [0.2, 0.25) is 0 Å². The summed E-state index contributed by atoms with van der Waals surface area (Å²) in [6.45, 7) is 1.67. The average Bonchev–Trinajstić information content (AvgIpc) is 2.86. The number of carbonyl (C=O) groups excluding carboxylic acids is 1. The first-order valence-corrected chi connectivity index (χ1v) is 6.59. The van der Waals surface area contributed by atoms with E-state index in [1.165, 1.54) is 11.3 Å². The van der Waals surface area contributed by atoms with Crippen molar-refractivity contribution in [2.24, 2.45) is 5.73 Å². The van der Waals surface area contributed by atoms with E-state index in [2.05, 4.69) is 4.98 Å². The largest absolute Gasteiger partial charge is 0.442 e. The number of amides is 1. The van der Waals surface area contributed by atoms with Gasteiger partial charge >= 0.3 is 6.09 Å². The van der Waals surface area contributed by atoms with Gasteiger partial charge in [0, 0.05) is 0 Å². The van der Waals surface area contributed by atoms with Crippen LogP contribution in [0.3, 0.4) is 0 Å². The van der Waals surface area contributed by atoms with Crippen molar-refractivity contribution >= 4 is 17.4 Å². The van der Waals surface area contributed by atoms with E-state index < -0.39 is 6.09 Å². The van der Waals surface area contributed by atoms with Crippen LogP contribution in [0.25, 0.3) is 10.4 Å². The number of hydrogen-bond acceptors (Lipinski definition) is 5. The van der Waals surface area contributed by atoms with Crippen LogP contribution in [0.4, 0.5) is 4.79 Å². The molecule has 0 unspecified atom stereocenters. The molecule has 1 amide bonds. The Morgan fingerprint density at radius 3 is 2.74 bits per heavy atom. The minimum atomic E-state index is -0.790. The van der Waals surface area contributed by atoms with Crippen molar-refractivity contribution in [3.63, 3.8) is 0 Å². The van der Waals surface area contributed by atoms with Gasteiger partial charge in [0.05, 0.1) is 22.7 Å². The second-order valence-electron chi connectivity index (χ2n) is 3.99. The maximum absolute atomic E-state index is 10.7. The highest BCUT2D eigenvalue weighted by atomic mass is 32.1. The molecule has 1 aromatic carbocycles. The third-order valence-electron chi connectivity index (χ3n) is 2.73. The number of aliphatic hydroxyl groups is 1. The summed E-state index contributed by atoms with van der Waals surface area (Å²) in [6.07, 6.45) is -1.17. The highest BCUT2D eigenvalue weighted by molar-refractivity contribution is 7.13. The third kappa shape index (κ3) is 3.10. The smallest absolute Gasteiger partial charge is 0.405 e. The van der Waals surface area contributed by atoms with Gasteiger partial charge in [-0.15, -0.1) is 11.3 Å². The lowest BCUT2D eigenvalue weighted by Crippen LogP contribution is -2.15. The maximum Gasteiger partial charge on any atom is 0.405 e. The molecule has 3 N–H and O–H groups in total. The fourth-order valence-corrected chi connectivity index (χ4v) is 2.58. The van der Waals surface area contributed by atoms with Gasteiger partial charge in [0.15, 0.2) is 0 Å². The zero-order valence-corrected chi connectivity index (χ0v) is 11.2. The lowest BCUT2D eigenvalue weighted by atomic mass is 10.1. The minimum Gasteiger partial charge on any atom is -0.442 e. The highest BCUT2D eigenvalue weighted by Crippen LogP contribution is 2.29.